The highest BCUT2D eigenvalue weighted by molar-refractivity contribution is 6.21. The average Bonchev–Trinajstić information content (AvgIpc) is 2.30. The summed E-state index contributed by atoms with van der Waals surface area (Å²) in [4.78, 5) is 2.03. The summed E-state index contributed by atoms with van der Waals surface area (Å²) < 4.78 is 0. The molecular weight excluding hydrogens is 174 g/mol. The molecule has 0 saturated heterocycles. The smallest absolute Gasteiger partial charge is 0.196 e. The Labute approximate surface area is 79.0 Å². The molecule has 0 bridgehead atoms. The highest BCUT2D eigenvalue weighted by Crippen LogP contribution is 2.20. The van der Waals surface area contributed by atoms with Crippen LogP contribution >= 0.6 is 11.6 Å². The quantitative estimate of drug-likeness (QED) is 0.488. The maximum atomic E-state index is 6.16. The third kappa shape index (κ3) is 1.66. The van der Waals surface area contributed by atoms with Crippen molar-refractivity contribution >= 4 is 17.9 Å². The molecule has 12 heavy (non-hydrogen) atoms. The molecule has 1 aliphatic rings. The highest BCUT2D eigenvalue weighted by Gasteiger charge is 2.28. The molecule has 1 unspecified atom stereocenters. The van der Waals surface area contributed by atoms with E-state index in [9.17, 15) is 0 Å². The van der Waals surface area contributed by atoms with Gasteiger partial charge in [-0.25, -0.2) is 0 Å². The molecule has 0 amide bonds. The van der Waals surface area contributed by atoms with Gasteiger partial charge in [-0.15, -0.1) is 0 Å². The van der Waals surface area contributed by atoms with Crippen LogP contribution in [-0.2, 0) is 0 Å². The number of hydrogen-bond donors (Lipinski definition) is 0. The van der Waals surface area contributed by atoms with Crippen molar-refractivity contribution in [2.24, 2.45) is 5.10 Å². The lowest BCUT2D eigenvalue weighted by atomic mass is 10.3. The number of halogens is 1. The predicted octanol–water partition coefficient (Wildman–Crippen LogP) is 1.89. The zero-order valence-electron chi connectivity index (χ0n) is 8.03. The molecule has 70 valence electrons. The lowest BCUT2D eigenvalue weighted by Gasteiger charge is -2.30. The molecule has 0 aromatic carbocycles. The molecule has 0 spiro atoms. The van der Waals surface area contributed by atoms with E-state index in [0.29, 0.717) is 12.1 Å². The Morgan fingerprint density at radius 1 is 1.25 bits per heavy atom. The number of alkyl halides is 1. The summed E-state index contributed by atoms with van der Waals surface area (Å²) in [5.41, 5.74) is -0.120. The van der Waals surface area contributed by atoms with E-state index in [0.717, 1.165) is 0 Å². The highest BCUT2D eigenvalue weighted by atomic mass is 35.5. The standard InChI is InChI=1S/C8H16ClN3/c1-6(2)11-5-10-12(7(3)4)8(11)9/h5-8H,1-4H3. The Morgan fingerprint density at radius 2 is 1.83 bits per heavy atom. The Kier molecular flexibility index (Phi) is 2.83. The van der Waals surface area contributed by atoms with Crippen molar-refractivity contribution in [3.05, 3.63) is 0 Å². The zero-order valence-corrected chi connectivity index (χ0v) is 8.78. The Hall–Kier alpha value is -0.440. The second-order valence-electron chi connectivity index (χ2n) is 3.56. The summed E-state index contributed by atoms with van der Waals surface area (Å²) in [5.74, 6) is 0. The average molecular weight is 190 g/mol. The molecule has 1 atom stereocenters. The van der Waals surface area contributed by atoms with Gasteiger partial charge in [0.25, 0.3) is 0 Å². The molecule has 0 fully saturated rings. The first kappa shape index (κ1) is 9.65. The molecule has 0 saturated carbocycles. The van der Waals surface area contributed by atoms with E-state index in [4.69, 9.17) is 11.6 Å². The Morgan fingerprint density at radius 3 is 2.08 bits per heavy atom. The van der Waals surface area contributed by atoms with Gasteiger partial charge < -0.3 is 4.90 Å². The van der Waals surface area contributed by atoms with Crippen molar-refractivity contribution < 1.29 is 0 Å². The maximum absolute atomic E-state index is 6.16. The number of nitrogens with zero attached hydrogens (tertiary/aromatic N) is 3. The van der Waals surface area contributed by atoms with E-state index in [1.807, 2.05) is 16.2 Å². The molecule has 4 heteroatoms. The van der Waals surface area contributed by atoms with Crippen LogP contribution in [0.4, 0.5) is 0 Å². The van der Waals surface area contributed by atoms with E-state index in [1.54, 1.807) is 0 Å². The summed E-state index contributed by atoms with van der Waals surface area (Å²) in [5, 5.41) is 6.11. The molecule has 1 aliphatic heterocycles. The number of hydrazone groups is 1. The fraction of sp³-hybridized carbons (Fsp3) is 0.875. The maximum Gasteiger partial charge on any atom is 0.196 e. The summed E-state index contributed by atoms with van der Waals surface area (Å²) >= 11 is 6.16. The van der Waals surface area contributed by atoms with Crippen LogP contribution in [0.15, 0.2) is 5.10 Å². The zero-order chi connectivity index (χ0) is 9.30. The first-order valence-electron chi connectivity index (χ1n) is 4.28. The van der Waals surface area contributed by atoms with Crippen LogP contribution in [0.25, 0.3) is 0 Å². The van der Waals surface area contributed by atoms with E-state index >= 15 is 0 Å². The third-order valence-electron chi connectivity index (χ3n) is 1.91. The number of hydrogen-bond acceptors (Lipinski definition) is 3. The molecule has 0 radical (unpaired) electrons. The van der Waals surface area contributed by atoms with Gasteiger partial charge in [-0.2, -0.15) is 5.10 Å². The Bertz CT molecular complexity index is 161. The SMILES string of the molecule is CC(C)N1C=NN(C(C)C)C1Cl. The van der Waals surface area contributed by atoms with Crippen molar-refractivity contribution in [2.75, 3.05) is 0 Å². The van der Waals surface area contributed by atoms with Crippen molar-refractivity contribution in [1.29, 1.82) is 0 Å². The molecule has 1 rings (SSSR count). The van der Waals surface area contributed by atoms with Crippen LogP contribution in [0.5, 0.6) is 0 Å². The van der Waals surface area contributed by atoms with E-state index in [-0.39, 0.29) is 5.62 Å². The third-order valence-corrected chi connectivity index (χ3v) is 2.33. The lowest BCUT2D eigenvalue weighted by Crippen LogP contribution is -2.41. The second kappa shape index (κ2) is 3.52. The summed E-state index contributed by atoms with van der Waals surface area (Å²) in [6.07, 6.45) is 1.81. The summed E-state index contributed by atoms with van der Waals surface area (Å²) in [7, 11) is 0. The summed E-state index contributed by atoms with van der Waals surface area (Å²) in [6.45, 7) is 8.36. The second-order valence-corrected chi connectivity index (χ2v) is 3.95. The van der Waals surface area contributed by atoms with Crippen molar-refractivity contribution in [1.82, 2.24) is 9.91 Å². The van der Waals surface area contributed by atoms with Gasteiger partial charge in [-0.1, -0.05) is 11.6 Å². The van der Waals surface area contributed by atoms with Crippen LogP contribution in [0, 0.1) is 0 Å². The van der Waals surface area contributed by atoms with Gasteiger partial charge in [-0.05, 0) is 27.7 Å². The van der Waals surface area contributed by atoms with Gasteiger partial charge in [0.2, 0.25) is 0 Å². The topological polar surface area (TPSA) is 18.8 Å². The van der Waals surface area contributed by atoms with E-state index in [2.05, 4.69) is 32.8 Å². The van der Waals surface area contributed by atoms with Crippen LogP contribution in [0.2, 0.25) is 0 Å². The largest absolute Gasteiger partial charge is 0.324 e. The minimum atomic E-state index is -0.120. The fourth-order valence-corrected chi connectivity index (χ4v) is 1.68. The van der Waals surface area contributed by atoms with Crippen LogP contribution in [-0.4, -0.2) is 34.0 Å². The van der Waals surface area contributed by atoms with Gasteiger partial charge in [0.1, 0.15) is 6.34 Å². The minimum Gasteiger partial charge on any atom is -0.324 e. The van der Waals surface area contributed by atoms with Gasteiger partial charge in [-0.3, -0.25) is 5.01 Å². The minimum absolute atomic E-state index is 0.120. The molecule has 0 aromatic rings. The van der Waals surface area contributed by atoms with Gasteiger partial charge >= 0.3 is 0 Å². The van der Waals surface area contributed by atoms with Crippen molar-refractivity contribution in [2.45, 2.75) is 45.4 Å². The van der Waals surface area contributed by atoms with Gasteiger partial charge in [0.15, 0.2) is 5.62 Å². The van der Waals surface area contributed by atoms with Crippen LogP contribution in [0.1, 0.15) is 27.7 Å². The van der Waals surface area contributed by atoms with Gasteiger partial charge in [0, 0.05) is 12.1 Å². The van der Waals surface area contributed by atoms with E-state index in [1.165, 1.54) is 0 Å². The predicted molar refractivity (Wildman–Crippen MR) is 52.1 cm³/mol. The fourth-order valence-electron chi connectivity index (χ4n) is 1.12. The van der Waals surface area contributed by atoms with Crippen molar-refractivity contribution in [3.8, 4) is 0 Å². The monoisotopic (exact) mass is 189 g/mol. The normalized spacial score (nSPS) is 23.4. The first-order chi connectivity index (χ1) is 5.54. The lowest BCUT2D eigenvalue weighted by molar-refractivity contribution is 0.145. The summed E-state index contributed by atoms with van der Waals surface area (Å²) in [6, 6.07) is 0.757. The first-order valence-corrected chi connectivity index (χ1v) is 4.71. The van der Waals surface area contributed by atoms with E-state index < -0.39 is 0 Å². The van der Waals surface area contributed by atoms with Gasteiger partial charge in [0.05, 0.1) is 0 Å². The van der Waals surface area contributed by atoms with Crippen molar-refractivity contribution in [3.63, 3.8) is 0 Å². The molecular formula is C8H16ClN3. The molecule has 0 aromatic heterocycles. The molecule has 3 nitrogen and oxygen atoms in total. The molecule has 0 aliphatic carbocycles. The molecule has 1 heterocycles. The van der Waals surface area contributed by atoms with Crippen LogP contribution < -0.4 is 0 Å². The number of rotatable bonds is 2. The Balaban J connectivity index is 2.62. The molecule has 0 N–H and O–H groups in total. The van der Waals surface area contributed by atoms with Crippen LogP contribution in [0.3, 0.4) is 0 Å².